The molecule has 0 aliphatic carbocycles. The molecule has 2 aromatic carbocycles. The number of hydrogen-bond donors (Lipinski definition) is 2. The van der Waals surface area contributed by atoms with Crippen LogP contribution in [0.3, 0.4) is 0 Å². The number of anilines is 1. The number of carbonyl (C=O) groups is 1. The van der Waals surface area contributed by atoms with Gasteiger partial charge in [-0.1, -0.05) is 24.3 Å². The van der Waals surface area contributed by atoms with E-state index in [1.165, 1.54) is 0 Å². The van der Waals surface area contributed by atoms with E-state index in [9.17, 15) is 4.79 Å². The highest BCUT2D eigenvalue weighted by atomic mass is 16.6. The summed E-state index contributed by atoms with van der Waals surface area (Å²) in [6, 6.07) is 15.1. The van der Waals surface area contributed by atoms with Crippen molar-refractivity contribution >= 4 is 11.6 Å². The van der Waals surface area contributed by atoms with Crippen LogP contribution >= 0.6 is 0 Å². The summed E-state index contributed by atoms with van der Waals surface area (Å²) in [6.07, 6.45) is -0.199. The van der Waals surface area contributed by atoms with Gasteiger partial charge < -0.3 is 24.8 Å². The van der Waals surface area contributed by atoms with Gasteiger partial charge in [-0.05, 0) is 31.2 Å². The molecule has 0 saturated heterocycles. The summed E-state index contributed by atoms with van der Waals surface area (Å²) in [5, 5.41) is 5.95. The van der Waals surface area contributed by atoms with E-state index in [2.05, 4.69) is 10.6 Å². The van der Waals surface area contributed by atoms with Crippen molar-refractivity contribution in [3.05, 3.63) is 48.5 Å². The van der Waals surface area contributed by atoms with Crippen molar-refractivity contribution in [2.45, 2.75) is 13.0 Å². The largest absolute Gasteiger partial charge is 0.492 e. The Hall–Kier alpha value is -2.89. The van der Waals surface area contributed by atoms with Gasteiger partial charge in [-0.3, -0.25) is 4.79 Å². The lowest BCUT2D eigenvalue weighted by Gasteiger charge is -2.26. The molecule has 0 bridgehead atoms. The zero-order valence-corrected chi connectivity index (χ0v) is 14.2. The third-order valence-electron chi connectivity index (χ3n) is 3.72. The average molecular weight is 342 g/mol. The van der Waals surface area contributed by atoms with Crippen molar-refractivity contribution in [1.29, 1.82) is 0 Å². The Labute approximate surface area is 147 Å². The first kappa shape index (κ1) is 17.0. The molecule has 1 aliphatic rings. The van der Waals surface area contributed by atoms with Crippen molar-refractivity contribution in [3.63, 3.8) is 0 Å². The molecule has 25 heavy (non-hydrogen) atoms. The molecular weight excluding hydrogens is 320 g/mol. The number of para-hydroxylation sites is 4. The summed E-state index contributed by atoms with van der Waals surface area (Å²) in [7, 11) is 0. The zero-order chi connectivity index (χ0) is 17.5. The molecule has 0 saturated carbocycles. The summed E-state index contributed by atoms with van der Waals surface area (Å²) in [5.41, 5.74) is 0.797. The summed E-state index contributed by atoms with van der Waals surface area (Å²) >= 11 is 0. The molecule has 6 heteroatoms. The van der Waals surface area contributed by atoms with Crippen LogP contribution in [0.15, 0.2) is 48.5 Å². The van der Waals surface area contributed by atoms with Gasteiger partial charge in [0, 0.05) is 0 Å². The molecule has 6 nitrogen and oxygen atoms in total. The second kappa shape index (κ2) is 8.28. The molecule has 3 rings (SSSR count). The molecule has 1 aliphatic heterocycles. The maximum Gasteiger partial charge on any atom is 0.239 e. The maximum atomic E-state index is 12.1. The lowest BCUT2D eigenvalue weighted by Crippen LogP contribution is -2.42. The fourth-order valence-electron chi connectivity index (χ4n) is 2.52. The summed E-state index contributed by atoms with van der Waals surface area (Å²) in [4.78, 5) is 12.1. The van der Waals surface area contributed by atoms with Crippen LogP contribution in [0.25, 0.3) is 0 Å². The highest BCUT2D eigenvalue weighted by Crippen LogP contribution is 2.30. The standard InChI is InChI=1S/C19H22N2O4/c1-2-23-16-8-4-3-7-15(16)20-12-19(22)21-11-14-13-24-17-9-5-6-10-18(17)25-14/h3-10,14,20H,2,11-13H2,1H3,(H,21,22)/t14-/m0/s1. The van der Waals surface area contributed by atoms with Crippen molar-refractivity contribution in [2.75, 3.05) is 31.6 Å². The predicted octanol–water partition coefficient (Wildman–Crippen LogP) is 2.45. The minimum Gasteiger partial charge on any atom is -0.492 e. The van der Waals surface area contributed by atoms with E-state index < -0.39 is 0 Å². The van der Waals surface area contributed by atoms with E-state index in [1.54, 1.807) is 0 Å². The molecule has 1 heterocycles. The Morgan fingerprint density at radius 3 is 2.76 bits per heavy atom. The fourth-order valence-corrected chi connectivity index (χ4v) is 2.52. The van der Waals surface area contributed by atoms with E-state index in [-0.39, 0.29) is 18.6 Å². The minimum atomic E-state index is -0.199. The molecule has 2 N–H and O–H groups in total. The van der Waals surface area contributed by atoms with Crippen LogP contribution in [0, 0.1) is 0 Å². The van der Waals surface area contributed by atoms with Crippen LogP contribution in [0.4, 0.5) is 5.69 Å². The van der Waals surface area contributed by atoms with Gasteiger partial charge in [0.05, 0.1) is 25.4 Å². The first-order valence-corrected chi connectivity index (χ1v) is 8.37. The van der Waals surface area contributed by atoms with Gasteiger partial charge >= 0.3 is 0 Å². The average Bonchev–Trinajstić information content (AvgIpc) is 2.66. The maximum absolute atomic E-state index is 12.1. The van der Waals surface area contributed by atoms with Gasteiger partial charge in [-0.15, -0.1) is 0 Å². The van der Waals surface area contributed by atoms with Gasteiger partial charge in [0.15, 0.2) is 11.5 Å². The molecule has 0 aromatic heterocycles. The van der Waals surface area contributed by atoms with E-state index in [1.807, 2.05) is 55.5 Å². The Balaban J connectivity index is 1.45. The lowest BCUT2D eigenvalue weighted by atomic mass is 10.2. The van der Waals surface area contributed by atoms with Gasteiger partial charge in [-0.2, -0.15) is 0 Å². The number of nitrogens with one attached hydrogen (secondary N) is 2. The lowest BCUT2D eigenvalue weighted by molar-refractivity contribution is -0.119. The Morgan fingerprint density at radius 1 is 1.16 bits per heavy atom. The highest BCUT2D eigenvalue weighted by molar-refractivity contribution is 5.81. The third kappa shape index (κ3) is 4.56. The number of fused-ring (bicyclic) bond motifs is 1. The Kier molecular flexibility index (Phi) is 5.61. The molecule has 2 aromatic rings. The fraction of sp³-hybridized carbons (Fsp3) is 0.316. The van der Waals surface area contributed by atoms with Crippen LogP contribution in [0.2, 0.25) is 0 Å². The van der Waals surface area contributed by atoms with Crippen LogP contribution in [-0.4, -0.2) is 38.3 Å². The van der Waals surface area contributed by atoms with E-state index in [4.69, 9.17) is 14.2 Å². The van der Waals surface area contributed by atoms with Gasteiger partial charge in [0.2, 0.25) is 5.91 Å². The number of amides is 1. The highest BCUT2D eigenvalue weighted by Gasteiger charge is 2.20. The normalized spacial score (nSPS) is 15.3. The molecule has 0 spiro atoms. The number of carbonyl (C=O) groups excluding carboxylic acids is 1. The number of hydrogen-bond acceptors (Lipinski definition) is 5. The number of rotatable bonds is 7. The van der Waals surface area contributed by atoms with Gasteiger partial charge in [0.1, 0.15) is 18.5 Å². The van der Waals surface area contributed by atoms with Gasteiger partial charge in [0.25, 0.3) is 0 Å². The molecule has 1 amide bonds. The van der Waals surface area contributed by atoms with Crippen LogP contribution in [0.1, 0.15) is 6.92 Å². The molecule has 0 fully saturated rings. The van der Waals surface area contributed by atoms with Crippen molar-refractivity contribution in [1.82, 2.24) is 5.32 Å². The summed E-state index contributed by atoms with van der Waals surface area (Å²) in [5.74, 6) is 2.06. The van der Waals surface area contributed by atoms with E-state index >= 15 is 0 Å². The second-order valence-electron chi connectivity index (χ2n) is 5.58. The topological polar surface area (TPSA) is 68.8 Å². The van der Waals surface area contributed by atoms with Crippen molar-refractivity contribution in [2.24, 2.45) is 0 Å². The first-order chi connectivity index (χ1) is 12.3. The Bertz CT molecular complexity index is 720. The Morgan fingerprint density at radius 2 is 1.92 bits per heavy atom. The molecule has 0 radical (unpaired) electrons. The van der Waals surface area contributed by atoms with E-state index in [0.717, 1.165) is 17.2 Å². The molecular formula is C19H22N2O4. The predicted molar refractivity (Wildman–Crippen MR) is 95.5 cm³/mol. The first-order valence-electron chi connectivity index (χ1n) is 8.37. The zero-order valence-electron chi connectivity index (χ0n) is 14.2. The van der Waals surface area contributed by atoms with Crippen LogP contribution < -0.4 is 24.8 Å². The van der Waals surface area contributed by atoms with Gasteiger partial charge in [-0.25, -0.2) is 0 Å². The van der Waals surface area contributed by atoms with Crippen molar-refractivity contribution in [3.8, 4) is 17.2 Å². The number of ether oxygens (including phenoxy) is 3. The SMILES string of the molecule is CCOc1ccccc1NCC(=O)NC[C@H]1COc2ccccc2O1. The molecule has 132 valence electrons. The molecule has 1 atom stereocenters. The quantitative estimate of drug-likeness (QED) is 0.809. The van der Waals surface area contributed by atoms with Crippen LogP contribution in [0.5, 0.6) is 17.2 Å². The smallest absolute Gasteiger partial charge is 0.239 e. The summed E-state index contributed by atoms with van der Waals surface area (Å²) in [6.45, 7) is 3.47. The minimum absolute atomic E-state index is 0.117. The molecule has 0 unspecified atom stereocenters. The second-order valence-corrected chi connectivity index (χ2v) is 5.58. The van der Waals surface area contributed by atoms with Crippen LogP contribution in [-0.2, 0) is 4.79 Å². The van der Waals surface area contributed by atoms with E-state index in [0.29, 0.717) is 25.5 Å². The van der Waals surface area contributed by atoms with Crippen molar-refractivity contribution < 1.29 is 19.0 Å². The summed E-state index contributed by atoms with van der Waals surface area (Å²) < 4.78 is 17.0. The number of benzene rings is 2. The monoisotopic (exact) mass is 342 g/mol. The third-order valence-corrected chi connectivity index (χ3v) is 3.72.